The van der Waals surface area contributed by atoms with Gasteiger partial charge in [-0.2, -0.15) is 0 Å². The van der Waals surface area contributed by atoms with Crippen LogP contribution < -0.4 is 5.14 Å². The number of aromatic nitrogens is 1. The second-order valence-corrected chi connectivity index (χ2v) is 8.91. The summed E-state index contributed by atoms with van der Waals surface area (Å²) in [5.74, 6) is -0.159. The van der Waals surface area contributed by atoms with E-state index < -0.39 is 10.0 Å². The van der Waals surface area contributed by atoms with Gasteiger partial charge in [0.25, 0.3) is 5.91 Å². The Morgan fingerprint density at radius 1 is 1.28 bits per heavy atom. The van der Waals surface area contributed by atoms with Crippen molar-refractivity contribution in [3.05, 3.63) is 35.0 Å². The quantitative estimate of drug-likeness (QED) is 0.872. The molecule has 1 saturated heterocycles. The SMILES string of the molecule is NS(=O)(=O)CC1CCN(C(=O)c2cccc3c4c([nH]c23)CCCC4)C1. The predicted molar refractivity (Wildman–Crippen MR) is 96.9 cm³/mol. The highest BCUT2D eigenvalue weighted by Gasteiger charge is 2.30. The van der Waals surface area contributed by atoms with Gasteiger partial charge >= 0.3 is 0 Å². The van der Waals surface area contributed by atoms with Crippen molar-refractivity contribution in [1.82, 2.24) is 9.88 Å². The highest BCUT2D eigenvalue weighted by atomic mass is 32.2. The lowest BCUT2D eigenvalue weighted by atomic mass is 9.95. The van der Waals surface area contributed by atoms with Crippen molar-refractivity contribution in [2.75, 3.05) is 18.8 Å². The molecule has 1 aliphatic heterocycles. The van der Waals surface area contributed by atoms with E-state index in [0.717, 1.165) is 23.7 Å². The van der Waals surface area contributed by atoms with E-state index in [1.807, 2.05) is 12.1 Å². The first-order valence-corrected chi connectivity index (χ1v) is 10.6. The average Bonchev–Trinajstić information content (AvgIpc) is 3.16. The number of hydrogen-bond donors (Lipinski definition) is 2. The first-order chi connectivity index (χ1) is 11.9. The summed E-state index contributed by atoms with van der Waals surface area (Å²) in [7, 11) is -3.50. The third-order valence-electron chi connectivity index (χ3n) is 5.40. The Bertz CT molecular complexity index is 932. The van der Waals surface area contributed by atoms with Crippen LogP contribution in [0.1, 0.15) is 40.9 Å². The maximum absolute atomic E-state index is 13.0. The highest BCUT2D eigenvalue weighted by molar-refractivity contribution is 7.89. The summed E-state index contributed by atoms with van der Waals surface area (Å²) in [6.07, 6.45) is 5.16. The number of H-pyrrole nitrogens is 1. The number of sulfonamides is 1. The van der Waals surface area contributed by atoms with Crippen LogP contribution in [0.25, 0.3) is 10.9 Å². The monoisotopic (exact) mass is 361 g/mol. The van der Waals surface area contributed by atoms with Crippen molar-refractivity contribution in [3.8, 4) is 0 Å². The first-order valence-electron chi connectivity index (χ1n) is 8.84. The average molecular weight is 361 g/mol. The fourth-order valence-corrected chi connectivity index (χ4v) is 5.19. The van der Waals surface area contributed by atoms with E-state index in [1.165, 1.54) is 24.1 Å². The Kier molecular flexibility index (Phi) is 4.08. The maximum Gasteiger partial charge on any atom is 0.255 e. The fourth-order valence-electron chi connectivity index (χ4n) is 4.26. The normalized spacial score (nSPS) is 20.8. The second-order valence-electron chi connectivity index (χ2n) is 7.25. The lowest BCUT2D eigenvalue weighted by Gasteiger charge is -2.17. The number of aryl methyl sites for hydroxylation is 2. The molecule has 1 amide bonds. The van der Waals surface area contributed by atoms with E-state index in [9.17, 15) is 13.2 Å². The van der Waals surface area contributed by atoms with Gasteiger partial charge < -0.3 is 9.88 Å². The molecular formula is C18H23N3O3S. The third kappa shape index (κ3) is 3.18. The van der Waals surface area contributed by atoms with Crippen LogP contribution in [-0.4, -0.2) is 43.1 Å². The van der Waals surface area contributed by atoms with Gasteiger partial charge in [-0.25, -0.2) is 13.6 Å². The molecule has 0 radical (unpaired) electrons. The predicted octanol–water partition coefficient (Wildman–Crippen LogP) is 1.80. The van der Waals surface area contributed by atoms with E-state index in [2.05, 4.69) is 11.1 Å². The molecule has 0 saturated carbocycles. The summed E-state index contributed by atoms with van der Waals surface area (Å²) >= 11 is 0. The number of rotatable bonds is 3. The molecule has 0 bridgehead atoms. The number of nitrogens with one attached hydrogen (secondary N) is 1. The zero-order valence-corrected chi connectivity index (χ0v) is 14.9. The van der Waals surface area contributed by atoms with Crippen molar-refractivity contribution < 1.29 is 13.2 Å². The molecule has 7 heteroatoms. The number of carbonyl (C=O) groups excluding carboxylic acids is 1. The number of aromatic amines is 1. The largest absolute Gasteiger partial charge is 0.358 e. The molecule has 1 atom stereocenters. The van der Waals surface area contributed by atoms with Crippen LogP contribution in [0.2, 0.25) is 0 Å². The van der Waals surface area contributed by atoms with Crippen LogP contribution in [0.4, 0.5) is 0 Å². The van der Waals surface area contributed by atoms with Gasteiger partial charge in [0.05, 0.1) is 16.8 Å². The topological polar surface area (TPSA) is 96.3 Å². The lowest BCUT2D eigenvalue weighted by molar-refractivity contribution is 0.0790. The minimum absolute atomic E-state index is 0.0267. The summed E-state index contributed by atoms with van der Waals surface area (Å²) in [6, 6.07) is 5.89. The molecule has 134 valence electrons. The van der Waals surface area contributed by atoms with Gasteiger partial charge in [0, 0.05) is 24.2 Å². The van der Waals surface area contributed by atoms with Crippen molar-refractivity contribution in [2.45, 2.75) is 32.1 Å². The number of nitrogens with zero attached hydrogens (tertiary/aromatic N) is 1. The van der Waals surface area contributed by atoms with E-state index in [-0.39, 0.29) is 17.6 Å². The van der Waals surface area contributed by atoms with Crippen LogP contribution in [0.15, 0.2) is 18.2 Å². The van der Waals surface area contributed by atoms with Gasteiger partial charge in [0.2, 0.25) is 10.0 Å². The summed E-state index contributed by atoms with van der Waals surface area (Å²) in [5.41, 5.74) is 4.22. The molecule has 1 aliphatic carbocycles. The minimum atomic E-state index is -3.50. The smallest absolute Gasteiger partial charge is 0.255 e. The number of likely N-dealkylation sites (tertiary alicyclic amines) is 1. The van der Waals surface area contributed by atoms with E-state index >= 15 is 0 Å². The molecule has 2 aliphatic rings. The molecule has 2 heterocycles. The van der Waals surface area contributed by atoms with Gasteiger partial charge in [0.15, 0.2) is 0 Å². The van der Waals surface area contributed by atoms with Crippen LogP contribution >= 0.6 is 0 Å². The zero-order chi connectivity index (χ0) is 17.6. The van der Waals surface area contributed by atoms with Crippen LogP contribution in [0.3, 0.4) is 0 Å². The van der Waals surface area contributed by atoms with Gasteiger partial charge in [-0.3, -0.25) is 4.79 Å². The molecule has 25 heavy (non-hydrogen) atoms. The van der Waals surface area contributed by atoms with Crippen LogP contribution in [0, 0.1) is 5.92 Å². The Hall–Kier alpha value is -1.86. The maximum atomic E-state index is 13.0. The highest BCUT2D eigenvalue weighted by Crippen LogP contribution is 2.31. The van der Waals surface area contributed by atoms with Gasteiger partial charge in [0.1, 0.15) is 0 Å². The molecule has 4 rings (SSSR count). The van der Waals surface area contributed by atoms with Crippen molar-refractivity contribution in [2.24, 2.45) is 11.1 Å². The fraction of sp³-hybridized carbons (Fsp3) is 0.500. The number of fused-ring (bicyclic) bond motifs is 3. The summed E-state index contributed by atoms with van der Waals surface area (Å²) < 4.78 is 22.6. The lowest BCUT2D eigenvalue weighted by Crippen LogP contribution is -2.31. The molecule has 2 aromatic rings. The number of carbonyl (C=O) groups is 1. The molecule has 1 unspecified atom stereocenters. The van der Waals surface area contributed by atoms with Gasteiger partial charge in [-0.05, 0) is 49.7 Å². The van der Waals surface area contributed by atoms with E-state index in [1.54, 1.807) is 4.90 Å². The van der Waals surface area contributed by atoms with Crippen LogP contribution in [0.5, 0.6) is 0 Å². The van der Waals surface area contributed by atoms with Crippen molar-refractivity contribution in [3.63, 3.8) is 0 Å². The van der Waals surface area contributed by atoms with Crippen LogP contribution in [-0.2, 0) is 22.9 Å². The molecule has 1 fully saturated rings. The Labute approximate surface area is 147 Å². The number of primary sulfonamides is 1. The molecule has 1 aromatic heterocycles. The van der Waals surface area contributed by atoms with Crippen molar-refractivity contribution >= 4 is 26.8 Å². The standard InChI is InChI=1S/C18H23N3O3S/c19-25(23,24)11-12-8-9-21(10-12)18(22)15-6-3-5-14-13-4-1-2-7-16(13)20-17(14)15/h3,5-6,12,20H,1-2,4,7-11H2,(H2,19,23,24). The minimum Gasteiger partial charge on any atom is -0.358 e. The Morgan fingerprint density at radius 2 is 2.08 bits per heavy atom. The number of nitrogens with two attached hydrogens (primary N) is 1. The zero-order valence-electron chi connectivity index (χ0n) is 14.1. The summed E-state index contributed by atoms with van der Waals surface area (Å²) in [5, 5.41) is 6.30. The third-order valence-corrected chi connectivity index (χ3v) is 6.34. The summed E-state index contributed by atoms with van der Waals surface area (Å²) in [6.45, 7) is 1.03. The molecule has 0 spiro atoms. The Balaban J connectivity index is 1.62. The first kappa shape index (κ1) is 16.6. The molecule has 1 aromatic carbocycles. The van der Waals surface area contributed by atoms with Gasteiger partial charge in [-0.1, -0.05) is 12.1 Å². The van der Waals surface area contributed by atoms with E-state index in [4.69, 9.17) is 5.14 Å². The molecule has 3 N–H and O–H groups in total. The van der Waals surface area contributed by atoms with Crippen molar-refractivity contribution in [1.29, 1.82) is 0 Å². The van der Waals surface area contributed by atoms with E-state index in [0.29, 0.717) is 25.1 Å². The second kappa shape index (κ2) is 6.14. The molecular weight excluding hydrogens is 338 g/mol. The Morgan fingerprint density at radius 3 is 2.88 bits per heavy atom. The number of hydrogen-bond acceptors (Lipinski definition) is 3. The number of para-hydroxylation sites is 1. The summed E-state index contributed by atoms with van der Waals surface area (Å²) in [4.78, 5) is 18.2. The number of amides is 1. The molecule has 6 nitrogen and oxygen atoms in total. The number of benzene rings is 1. The van der Waals surface area contributed by atoms with Gasteiger partial charge in [-0.15, -0.1) is 0 Å².